The Morgan fingerprint density at radius 1 is 1.10 bits per heavy atom. The van der Waals surface area contributed by atoms with Crippen LogP contribution >= 0.6 is 0 Å². The molecule has 3 heterocycles. The summed E-state index contributed by atoms with van der Waals surface area (Å²) in [6.07, 6.45) is 2.42. The number of amides is 1. The molecule has 1 unspecified atom stereocenters. The maximum atomic E-state index is 11.1. The molecule has 1 amide bonds. The van der Waals surface area contributed by atoms with Crippen LogP contribution in [0, 0.1) is 17.3 Å². The number of carbonyl (C=O) groups is 1. The maximum absolute atomic E-state index is 11.1. The minimum absolute atomic E-state index is 0.0750. The SMILES string of the molecule is CC(=O)Nc1ccc(-c2ccc(NC3C[C@@H]4CN(CC5(C)COC5)C[C@@H]4C3)nn2)cc1. The molecule has 2 aromatic rings. The minimum Gasteiger partial charge on any atom is -0.380 e. The van der Waals surface area contributed by atoms with Crippen LogP contribution in [0.3, 0.4) is 0 Å². The Bertz CT molecular complexity index is 912. The van der Waals surface area contributed by atoms with Crippen LogP contribution in [0.4, 0.5) is 11.5 Å². The molecule has 7 heteroatoms. The quantitative estimate of drug-likeness (QED) is 0.745. The summed E-state index contributed by atoms with van der Waals surface area (Å²) in [5, 5.41) is 15.2. The molecular formula is C24H31N5O2. The molecule has 3 aliphatic rings. The number of hydrogen-bond acceptors (Lipinski definition) is 6. The van der Waals surface area contributed by atoms with Crippen LogP contribution in [-0.4, -0.2) is 59.9 Å². The molecule has 7 nitrogen and oxygen atoms in total. The fraction of sp³-hybridized carbons (Fsp3) is 0.542. The molecule has 3 fully saturated rings. The first-order valence-corrected chi connectivity index (χ1v) is 11.2. The molecule has 1 aromatic carbocycles. The van der Waals surface area contributed by atoms with E-state index in [0.717, 1.165) is 47.8 Å². The predicted molar refractivity (Wildman–Crippen MR) is 121 cm³/mol. The van der Waals surface area contributed by atoms with Crippen molar-refractivity contribution in [3.63, 3.8) is 0 Å². The van der Waals surface area contributed by atoms with Crippen molar-refractivity contribution in [3.8, 4) is 11.3 Å². The maximum Gasteiger partial charge on any atom is 0.221 e. The van der Waals surface area contributed by atoms with Gasteiger partial charge in [0, 0.05) is 49.3 Å². The van der Waals surface area contributed by atoms with Crippen LogP contribution in [0.2, 0.25) is 0 Å². The lowest BCUT2D eigenvalue weighted by molar-refractivity contribution is -0.114. The normalized spacial score (nSPS) is 26.8. The summed E-state index contributed by atoms with van der Waals surface area (Å²) in [7, 11) is 0. The average Bonchev–Trinajstić information content (AvgIpc) is 3.25. The molecule has 164 valence electrons. The van der Waals surface area contributed by atoms with Gasteiger partial charge < -0.3 is 20.3 Å². The Morgan fingerprint density at radius 2 is 1.81 bits per heavy atom. The third kappa shape index (κ3) is 4.57. The number of nitrogens with zero attached hydrogens (tertiary/aromatic N) is 3. The van der Waals surface area contributed by atoms with Gasteiger partial charge in [-0.05, 0) is 48.9 Å². The number of ether oxygens (including phenoxy) is 1. The molecule has 2 aliphatic heterocycles. The van der Waals surface area contributed by atoms with E-state index in [1.165, 1.54) is 39.4 Å². The molecule has 31 heavy (non-hydrogen) atoms. The second-order valence-corrected chi connectivity index (χ2v) is 9.89. The Labute approximate surface area is 183 Å². The molecule has 5 rings (SSSR count). The number of likely N-dealkylation sites (tertiary alicyclic amines) is 1. The molecule has 1 aromatic heterocycles. The van der Waals surface area contributed by atoms with E-state index in [-0.39, 0.29) is 5.91 Å². The van der Waals surface area contributed by atoms with Gasteiger partial charge in [0.25, 0.3) is 0 Å². The number of anilines is 2. The van der Waals surface area contributed by atoms with E-state index in [0.29, 0.717) is 11.5 Å². The highest BCUT2D eigenvalue weighted by atomic mass is 16.5. The predicted octanol–water partition coefficient (Wildman–Crippen LogP) is 3.26. The van der Waals surface area contributed by atoms with E-state index in [1.54, 1.807) is 0 Å². The van der Waals surface area contributed by atoms with Gasteiger partial charge in [-0.25, -0.2) is 0 Å². The molecule has 0 radical (unpaired) electrons. The number of hydrogen-bond donors (Lipinski definition) is 2. The van der Waals surface area contributed by atoms with E-state index in [2.05, 4.69) is 32.7 Å². The van der Waals surface area contributed by atoms with Crippen LogP contribution in [0.15, 0.2) is 36.4 Å². The molecule has 0 spiro atoms. The number of carbonyl (C=O) groups excluding carboxylic acids is 1. The van der Waals surface area contributed by atoms with Crippen molar-refractivity contribution in [3.05, 3.63) is 36.4 Å². The first-order valence-electron chi connectivity index (χ1n) is 11.2. The Morgan fingerprint density at radius 3 is 2.35 bits per heavy atom. The van der Waals surface area contributed by atoms with Crippen molar-refractivity contribution in [1.82, 2.24) is 15.1 Å². The van der Waals surface area contributed by atoms with Gasteiger partial charge in [0.1, 0.15) is 5.82 Å². The largest absolute Gasteiger partial charge is 0.380 e. The van der Waals surface area contributed by atoms with Crippen molar-refractivity contribution >= 4 is 17.4 Å². The summed E-state index contributed by atoms with van der Waals surface area (Å²) in [4.78, 5) is 13.8. The van der Waals surface area contributed by atoms with Gasteiger partial charge in [0.2, 0.25) is 5.91 Å². The lowest BCUT2D eigenvalue weighted by Crippen LogP contribution is -2.48. The summed E-state index contributed by atoms with van der Waals surface area (Å²) in [5.41, 5.74) is 2.96. The van der Waals surface area contributed by atoms with Gasteiger partial charge in [-0.2, -0.15) is 0 Å². The fourth-order valence-electron chi connectivity index (χ4n) is 5.43. The van der Waals surface area contributed by atoms with Crippen LogP contribution in [0.25, 0.3) is 11.3 Å². The number of aromatic nitrogens is 2. The summed E-state index contributed by atoms with van der Waals surface area (Å²) >= 11 is 0. The zero-order valence-corrected chi connectivity index (χ0v) is 18.3. The number of nitrogens with one attached hydrogen (secondary N) is 2. The van der Waals surface area contributed by atoms with E-state index < -0.39 is 0 Å². The second kappa shape index (κ2) is 8.20. The number of fused-ring (bicyclic) bond motifs is 1. The van der Waals surface area contributed by atoms with Crippen LogP contribution in [0.1, 0.15) is 26.7 Å². The standard InChI is InChI=1S/C24H31N5O2/c1-16(30)25-20-5-3-17(4-6-20)22-7-8-23(28-27-22)26-21-9-18-11-29(12-19(18)10-21)13-24(2)14-31-15-24/h3-8,18-19,21H,9-15H2,1-2H3,(H,25,30)(H,26,28)/t18-,19+,21?. The van der Waals surface area contributed by atoms with E-state index in [4.69, 9.17) is 4.74 Å². The number of rotatable bonds is 6. The Kier molecular flexibility index (Phi) is 5.40. The van der Waals surface area contributed by atoms with Crippen molar-refractivity contribution in [2.24, 2.45) is 17.3 Å². The van der Waals surface area contributed by atoms with E-state index in [1.807, 2.05) is 36.4 Å². The van der Waals surface area contributed by atoms with Gasteiger partial charge in [-0.15, -0.1) is 10.2 Å². The van der Waals surface area contributed by atoms with Gasteiger partial charge in [-0.3, -0.25) is 4.79 Å². The number of benzene rings is 1. The van der Waals surface area contributed by atoms with E-state index >= 15 is 0 Å². The summed E-state index contributed by atoms with van der Waals surface area (Å²) < 4.78 is 5.42. The molecule has 2 saturated heterocycles. The van der Waals surface area contributed by atoms with Crippen LogP contribution < -0.4 is 10.6 Å². The lowest BCUT2D eigenvalue weighted by atomic mass is 9.88. The highest BCUT2D eigenvalue weighted by Gasteiger charge is 2.44. The van der Waals surface area contributed by atoms with Crippen LogP contribution in [-0.2, 0) is 9.53 Å². The van der Waals surface area contributed by atoms with Crippen molar-refractivity contribution < 1.29 is 9.53 Å². The summed E-state index contributed by atoms with van der Waals surface area (Å²) in [5.74, 6) is 2.35. The smallest absolute Gasteiger partial charge is 0.221 e. The first-order chi connectivity index (χ1) is 15.0. The van der Waals surface area contributed by atoms with Crippen molar-refractivity contribution in [1.29, 1.82) is 0 Å². The molecular weight excluding hydrogens is 390 g/mol. The summed E-state index contributed by atoms with van der Waals surface area (Å²) in [6, 6.07) is 12.2. The average molecular weight is 422 g/mol. The highest BCUT2D eigenvalue weighted by molar-refractivity contribution is 5.88. The zero-order chi connectivity index (χ0) is 21.4. The molecule has 2 N–H and O–H groups in total. The van der Waals surface area contributed by atoms with Crippen molar-refractivity contribution in [2.45, 2.75) is 32.7 Å². The zero-order valence-electron chi connectivity index (χ0n) is 18.3. The summed E-state index contributed by atoms with van der Waals surface area (Å²) in [6.45, 7) is 9.29. The van der Waals surface area contributed by atoms with Crippen molar-refractivity contribution in [2.75, 3.05) is 43.5 Å². The monoisotopic (exact) mass is 421 g/mol. The molecule has 0 bridgehead atoms. The molecule has 3 atom stereocenters. The second-order valence-electron chi connectivity index (χ2n) is 9.89. The van der Waals surface area contributed by atoms with Gasteiger partial charge in [0.15, 0.2) is 0 Å². The fourth-order valence-corrected chi connectivity index (χ4v) is 5.43. The lowest BCUT2D eigenvalue weighted by Gasteiger charge is -2.41. The third-order valence-corrected chi connectivity index (χ3v) is 6.85. The van der Waals surface area contributed by atoms with E-state index in [9.17, 15) is 4.79 Å². The van der Waals surface area contributed by atoms with Crippen LogP contribution in [0.5, 0.6) is 0 Å². The third-order valence-electron chi connectivity index (χ3n) is 6.85. The highest BCUT2D eigenvalue weighted by Crippen LogP contribution is 2.41. The van der Waals surface area contributed by atoms with Gasteiger partial charge in [-0.1, -0.05) is 19.1 Å². The minimum atomic E-state index is -0.0750. The van der Waals surface area contributed by atoms with Gasteiger partial charge in [0.05, 0.1) is 18.9 Å². The molecule has 1 aliphatic carbocycles. The Balaban J connectivity index is 1.13. The Hall–Kier alpha value is -2.51. The first kappa shape index (κ1) is 20.4. The topological polar surface area (TPSA) is 79.4 Å². The molecule has 1 saturated carbocycles. The van der Waals surface area contributed by atoms with Gasteiger partial charge >= 0.3 is 0 Å².